The second kappa shape index (κ2) is 7.55. The number of hydrogen-bond donors (Lipinski definition) is 2. The van der Waals surface area contributed by atoms with Crippen LogP contribution in [0.4, 0.5) is 5.82 Å². The summed E-state index contributed by atoms with van der Waals surface area (Å²) in [6, 6.07) is 9.25. The third-order valence-corrected chi connectivity index (χ3v) is 5.16. The average Bonchev–Trinajstić information content (AvgIpc) is 2.54. The van der Waals surface area contributed by atoms with Crippen molar-refractivity contribution in [3.05, 3.63) is 53.7 Å². The molecule has 0 aliphatic rings. The van der Waals surface area contributed by atoms with Gasteiger partial charge in [0, 0.05) is 17.8 Å². The number of nitrogens with zero attached hydrogens (tertiary/aromatic N) is 1. The second-order valence-electron chi connectivity index (χ2n) is 5.63. The van der Waals surface area contributed by atoms with Crippen LogP contribution in [0.15, 0.2) is 47.5 Å². The van der Waals surface area contributed by atoms with Crippen molar-refractivity contribution in [1.29, 1.82) is 0 Å². The van der Waals surface area contributed by atoms with Gasteiger partial charge in [0.1, 0.15) is 5.82 Å². The first-order chi connectivity index (χ1) is 11.3. The molecule has 0 aliphatic carbocycles. The molecule has 7 heteroatoms. The van der Waals surface area contributed by atoms with E-state index in [0.29, 0.717) is 17.8 Å². The van der Waals surface area contributed by atoms with E-state index in [-0.39, 0.29) is 16.8 Å². The van der Waals surface area contributed by atoms with E-state index in [1.54, 1.807) is 19.2 Å². The Morgan fingerprint density at radius 1 is 1.21 bits per heavy atom. The number of rotatable bonds is 6. The molecule has 1 amide bonds. The average molecular weight is 347 g/mol. The third kappa shape index (κ3) is 4.62. The number of nitrogens with one attached hydrogen (secondary N) is 2. The van der Waals surface area contributed by atoms with Crippen molar-refractivity contribution in [3.63, 3.8) is 0 Å². The zero-order valence-corrected chi connectivity index (χ0v) is 14.7. The van der Waals surface area contributed by atoms with Crippen LogP contribution in [0.2, 0.25) is 0 Å². The highest BCUT2D eigenvalue weighted by molar-refractivity contribution is 7.89. The minimum atomic E-state index is -3.57. The highest BCUT2D eigenvalue weighted by Crippen LogP contribution is 2.13. The smallest absolute Gasteiger partial charge is 0.256 e. The van der Waals surface area contributed by atoms with Crippen LogP contribution in [-0.4, -0.2) is 25.4 Å². The van der Waals surface area contributed by atoms with E-state index in [9.17, 15) is 13.2 Å². The van der Waals surface area contributed by atoms with Crippen LogP contribution in [0.3, 0.4) is 0 Å². The first-order valence-electron chi connectivity index (χ1n) is 7.68. The van der Waals surface area contributed by atoms with E-state index in [1.807, 2.05) is 19.9 Å². The second-order valence-corrected chi connectivity index (χ2v) is 7.34. The molecule has 1 unspecified atom stereocenters. The maximum Gasteiger partial charge on any atom is 0.256 e. The fourth-order valence-corrected chi connectivity index (χ4v) is 3.32. The first kappa shape index (κ1) is 18.1. The van der Waals surface area contributed by atoms with Crippen molar-refractivity contribution >= 4 is 21.7 Å². The lowest BCUT2D eigenvalue weighted by atomic mass is 10.2. The normalized spacial score (nSPS) is 12.6. The molecular weight excluding hydrogens is 326 g/mol. The van der Waals surface area contributed by atoms with E-state index in [1.165, 1.54) is 24.3 Å². The molecule has 1 heterocycles. The monoisotopic (exact) mass is 347 g/mol. The molecule has 0 radical (unpaired) electrons. The van der Waals surface area contributed by atoms with Crippen molar-refractivity contribution in [2.75, 3.05) is 5.32 Å². The number of benzene rings is 1. The van der Waals surface area contributed by atoms with Crippen molar-refractivity contribution in [2.24, 2.45) is 0 Å². The number of pyridine rings is 1. The van der Waals surface area contributed by atoms with Crippen LogP contribution >= 0.6 is 0 Å². The van der Waals surface area contributed by atoms with Crippen LogP contribution in [0, 0.1) is 6.92 Å². The predicted molar refractivity (Wildman–Crippen MR) is 93.4 cm³/mol. The van der Waals surface area contributed by atoms with E-state index in [2.05, 4.69) is 15.0 Å². The summed E-state index contributed by atoms with van der Waals surface area (Å²) in [6.45, 7) is 5.61. The number of aryl methyl sites for hydroxylation is 1. The molecule has 24 heavy (non-hydrogen) atoms. The van der Waals surface area contributed by atoms with Crippen LogP contribution < -0.4 is 10.0 Å². The van der Waals surface area contributed by atoms with Gasteiger partial charge in [0.15, 0.2) is 0 Å². The van der Waals surface area contributed by atoms with E-state index in [4.69, 9.17) is 0 Å². The molecule has 6 nitrogen and oxygen atoms in total. The minimum Gasteiger partial charge on any atom is -0.307 e. The third-order valence-electron chi connectivity index (χ3n) is 3.55. The lowest BCUT2D eigenvalue weighted by Gasteiger charge is -2.12. The number of anilines is 1. The molecule has 0 spiro atoms. The lowest BCUT2D eigenvalue weighted by molar-refractivity contribution is 0.102. The molecule has 1 aromatic heterocycles. The summed E-state index contributed by atoms with van der Waals surface area (Å²) in [5.41, 5.74) is 1.35. The lowest BCUT2D eigenvalue weighted by Crippen LogP contribution is -2.32. The van der Waals surface area contributed by atoms with Gasteiger partial charge >= 0.3 is 0 Å². The van der Waals surface area contributed by atoms with Crippen LogP contribution in [0.5, 0.6) is 0 Å². The van der Waals surface area contributed by atoms with Gasteiger partial charge in [-0.25, -0.2) is 18.1 Å². The Morgan fingerprint density at radius 2 is 1.88 bits per heavy atom. The Hall–Kier alpha value is -2.25. The predicted octanol–water partition coefficient (Wildman–Crippen LogP) is 2.72. The zero-order valence-electron chi connectivity index (χ0n) is 13.9. The summed E-state index contributed by atoms with van der Waals surface area (Å²) in [5.74, 6) is 0.113. The Balaban J connectivity index is 2.12. The van der Waals surface area contributed by atoms with Crippen LogP contribution in [-0.2, 0) is 10.0 Å². The maximum absolute atomic E-state index is 12.2. The largest absolute Gasteiger partial charge is 0.307 e. The van der Waals surface area contributed by atoms with Gasteiger partial charge in [-0.3, -0.25) is 4.79 Å². The van der Waals surface area contributed by atoms with E-state index in [0.717, 1.165) is 5.56 Å². The number of aromatic nitrogens is 1. The van der Waals surface area contributed by atoms with Gasteiger partial charge < -0.3 is 5.32 Å². The van der Waals surface area contributed by atoms with E-state index < -0.39 is 10.0 Å². The zero-order chi connectivity index (χ0) is 17.7. The fourth-order valence-electron chi connectivity index (χ4n) is 1.99. The van der Waals surface area contributed by atoms with E-state index >= 15 is 0 Å². The number of sulfonamides is 1. The molecule has 2 N–H and O–H groups in total. The molecule has 2 aromatic rings. The molecule has 1 atom stereocenters. The Labute approximate surface area is 142 Å². The first-order valence-corrected chi connectivity index (χ1v) is 9.16. The number of carbonyl (C=O) groups excluding carboxylic acids is 1. The van der Waals surface area contributed by atoms with Crippen LogP contribution in [0.25, 0.3) is 0 Å². The van der Waals surface area contributed by atoms with Crippen molar-refractivity contribution < 1.29 is 13.2 Å². The quantitative estimate of drug-likeness (QED) is 0.841. The molecule has 0 saturated heterocycles. The molecule has 128 valence electrons. The van der Waals surface area contributed by atoms with Gasteiger partial charge in [-0.1, -0.05) is 6.92 Å². The molecule has 0 bridgehead atoms. The van der Waals surface area contributed by atoms with Crippen molar-refractivity contribution in [2.45, 2.75) is 38.1 Å². The molecule has 2 rings (SSSR count). The summed E-state index contributed by atoms with van der Waals surface area (Å²) in [4.78, 5) is 16.4. The van der Waals surface area contributed by atoms with Gasteiger partial charge in [-0.2, -0.15) is 0 Å². The highest BCUT2D eigenvalue weighted by atomic mass is 32.2. The summed E-state index contributed by atoms with van der Waals surface area (Å²) >= 11 is 0. The van der Waals surface area contributed by atoms with Crippen molar-refractivity contribution in [1.82, 2.24) is 9.71 Å². The van der Waals surface area contributed by atoms with Crippen LogP contribution in [0.1, 0.15) is 36.2 Å². The minimum absolute atomic E-state index is 0.132. The topological polar surface area (TPSA) is 88.2 Å². The Kier molecular flexibility index (Phi) is 5.69. The van der Waals surface area contributed by atoms with Gasteiger partial charge in [-0.05, 0) is 62.2 Å². The Bertz CT molecular complexity index is 817. The molecule has 0 saturated carbocycles. The standard InChI is InChI=1S/C17H21N3O3S/c1-4-13(3)20-24(22,23)15-7-5-14(6-8-15)17(21)19-16-11-12(2)9-10-18-16/h5-11,13,20H,4H2,1-3H3,(H,18,19,21). The molecule has 0 fully saturated rings. The summed E-state index contributed by atoms with van der Waals surface area (Å²) in [5, 5.41) is 2.68. The summed E-state index contributed by atoms with van der Waals surface area (Å²) in [6.07, 6.45) is 2.31. The molecule has 1 aromatic carbocycles. The number of amides is 1. The van der Waals surface area contributed by atoms with Gasteiger partial charge in [0.25, 0.3) is 5.91 Å². The van der Waals surface area contributed by atoms with Gasteiger partial charge in [-0.15, -0.1) is 0 Å². The summed E-state index contributed by atoms with van der Waals surface area (Å²) in [7, 11) is -3.57. The number of carbonyl (C=O) groups is 1. The van der Waals surface area contributed by atoms with Gasteiger partial charge in [0.2, 0.25) is 10.0 Å². The SMILES string of the molecule is CCC(C)NS(=O)(=O)c1ccc(C(=O)Nc2cc(C)ccn2)cc1. The fraction of sp³-hybridized carbons (Fsp3) is 0.294. The molecular formula is C17H21N3O3S. The number of hydrogen-bond acceptors (Lipinski definition) is 4. The highest BCUT2D eigenvalue weighted by Gasteiger charge is 2.17. The molecule has 0 aliphatic heterocycles. The van der Waals surface area contributed by atoms with Gasteiger partial charge in [0.05, 0.1) is 4.90 Å². The summed E-state index contributed by atoms with van der Waals surface area (Å²) < 4.78 is 27.0. The Morgan fingerprint density at radius 3 is 2.46 bits per heavy atom. The van der Waals surface area contributed by atoms with Crippen molar-refractivity contribution in [3.8, 4) is 0 Å². The maximum atomic E-state index is 12.2.